The van der Waals surface area contributed by atoms with Gasteiger partial charge in [0.1, 0.15) is 0 Å². The minimum absolute atomic E-state index is 0.0963. The fourth-order valence-electron chi connectivity index (χ4n) is 2.87. The number of ether oxygens (including phenoxy) is 1. The van der Waals surface area contributed by atoms with Gasteiger partial charge in [0.25, 0.3) is 11.8 Å². The molecular weight excluding hydrogens is 410 g/mol. The van der Waals surface area contributed by atoms with Crippen molar-refractivity contribution in [1.82, 2.24) is 25.6 Å². The van der Waals surface area contributed by atoms with E-state index in [9.17, 15) is 18.0 Å². The molecule has 0 radical (unpaired) electrons. The monoisotopic (exact) mass is 431 g/mol. The number of sulfone groups is 1. The third-order valence-electron chi connectivity index (χ3n) is 4.29. The maximum atomic E-state index is 12.1. The zero-order valence-corrected chi connectivity index (χ0v) is 17.7. The molecule has 2 N–H and O–H groups in total. The summed E-state index contributed by atoms with van der Waals surface area (Å²) >= 11 is 0. The van der Waals surface area contributed by atoms with E-state index in [1.165, 1.54) is 24.3 Å². The molecule has 0 aliphatic rings. The first-order valence-electron chi connectivity index (χ1n) is 8.89. The minimum atomic E-state index is -3.35. The van der Waals surface area contributed by atoms with E-state index in [2.05, 4.69) is 20.9 Å². The average molecular weight is 431 g/mol. The largest absolute Gasteiger partial charge is 0.466 e. The number of hydrazine groups is 1. The fourth-order valence-corrected chi connectivity index (χ4v) is 3.50. The lowest BCUT2D eigenvalue weighted by Crippen LogP contribution is -2.43. The van der Waals surface area contributed by atoms with E-state index in [0.29, 0.717) is 11.0 Å². The van der Waals surface area contributed by atoms with Crippen LogP contribution in [0.2, 0.25) is 0 Å². The van der Waals surface area contributed by atoms with Gasteiger partial charge >= 0.3 is 0 Å². The van der Waals surface area contributed by atoms with Crippen LogP contribution in [0, 0.1) is 13.8 Å². The number of nitrogens with one attached hydrogen (secondary N) is 2. The lowest BCUT2D eigenvalue weighted by atomic mass is 10.2. The van der Waals surface area contributed by atoms with Gasteiger partial charge in [0.2, 0.25) is 5.88 Å². The van der Waals surface area contributed by atoms with Gasteiger partial charge in [-0.1, -0.05) is 0 Å². The molecule has 158 valence electrons. The zero-order chi connectivity index (χ0) is 22.1. The normalized spacial score (nSPS) is 11.3. The highest BCUT2D eigenvalue weighted by atomic mass is 32.2. The Bertz CT molecular complexity index is 1230. The molecule has 30 heavy (non-hydrogen) atoms. The molecule has 0 saturated heterocycles. The van der Waals surface area contributed by atoms with Crippen LogP contribution in [-0.2, 0) is 21.7 Å². The standard InChI is InChI=1S/C19H21N5O5S/c1-11-9-12(2)20-17-16(11)19(23-24(17)3)29-10-15(25)21-22-18(26)13-5-7-14(8-6-13)30(4,27)28/h5-9H,10H2,1-4H3,(H,21,25)(H,22,26). The Morgan fingerprint density at radius 1 is 1.13 bits per heavy atom. The SMILES string of the molecule is Cc1cc(C)c2c(OCC(=O)NNC(=O)c3ccc(S(C)(=O)=O)cc3)nn(C)c2n1. The summed E-state index contributed by atoms with van der Waals surface area (Å²) in [5.41, 5.74) is 7.10. The lowest BCUT2D eigenvalue weighted by molar-refractivity contribution is -0.123. The van der Waals surface area contributed by atoms with Crippen molar-refractivity contribution in [3.63, 3.8) is 0 Å². The smallest absolute Gasteiger partial charge is 0.276 e. The van der Waals surface area contributed by atoms with Crippen LogP contribution >= 0.6 is 0 Å². The molecule has 0 aliphatic carbocycles. The van der Waals surface area contributed by atoms with Crippen molar-refractivity contribution in [2.45, 2.75) is 18.7 Å². The van der Waals surface area contributed by atoms with E-state index in [-0.39, 0.29) is 22.9 Å². The summed E-state index contributed by atoms with van der Waals surface area (Å²) in [5.74, 6) is -0.912. The first kappa shape index (κ1) is 21.2. The maximum absolute atomic E-state index is 12.1. The van der Waals surface area contributed by atoms with E-state index in [1.807, 2.05) is 19.9 Å². The Labute approximate surface area is 173 Å². The predicted octanol–water partition coefficient (Wildman–Crippen LogP) is 0.829. The van der Waals surface area contributed by atoms with Crippen molar-refractivity contribution in [3.8, 4) is 5.88 Å². The van der Waals surface area contributed by atoms with Crippen LogP contribution < -0.4 is 15.6 Å². The van der Waals surface area contributed by atoms with Crippen molar-refractivity contribution in [3.05, 3.63) is 47.2 Å². The van der Waals surface area contributed by atoms with E-state index < -0.39 is 21.7 Å². The zero-order valence-electron chi connectivity index (χ0n) is 16.9. The third kappa shape index (κ3) is 4.57. The molecule has 1 aromatic carbocycles. The van der Waals surface area contributed by atoms with Crippen LogP contribution in [0.1, 0.15) is 21.6 Å². The Balaban J connectivity index is 1.59. The Hall–Kier alpha value is -3.47. The second-order valence-corrected chi connectivity index (χ2v) is 8.81. The van der Waals surface area contributed by atoms with Gasteiger partial charge in [-0.05, 0) is 49.7 Å². The molecular formula is C19H21N5O5S. The van der Waals surface area contributed by atoms with Crippen molar-refractivity contribution in [1.29, 1.82) is 0 Å². The highest BCUT2D eigenvalue weighted by Crippen LogP contribution is 2.26. The summed E-state index contributed by atoms with van der Waals surface area (Å²) in [7, 11) is -1.62. The highest BCUT2D eigenvalue weighted by Gasteiger charge is 2.16. The van der Waals surface area contributed by atoms with Gasteiger partial charge in [0.15, 0.2) is 22.1 Å². The number of benzene rings is 1. The number of aryl methyl sites for hydroxylation is 3. The Kier molecular flexibility index (Phi) is 5.74. The number of aromatic nitrogens is 3. The summed E-state index contributed by atoms with van der Waals surface area (Å²) in [6.45, 7) is 3.42. The van der Waals surface area contributed by atoms with Gasteiger partial charge in [-0.25, -0.2) is 18.1 Å². The molecule has 0 atom stereocenters. The van der Waals surface area contributed by atoms with Crippen LogP contribution in [0.15, 0.2) is 35.2 Å². The van der Waals surface area contributed by atoms with Crippen LogP contribution in [0.4, 0.5) is 0 Å². The Morgan fingerprint density at radius 3 is 2.43 bits per heavy atom. The summed E-state index contributed by atoms with van der Waals surface area (Å²) in [6.07, 6.45) is 1.08. The molecule has 2 amide bonds. The molecule has 0 spiro atoms. The number of hydrogen-bond donors (Lipinski definition) is 2. The van der Waals surface area contributed by atoms with Gasteiger partial charge in [-0.15, -0.1) is 5.10 Å². The second-order valence-electron chi connectivity index (χ2n) is 6.80. The first-order valence-corrected chi connectivity index (χ1v) is 10.8. The molecule has 0 saturated carbocycles. The molecule has 0 fully saturated rings. The molecule has 3 rings (SSSR count). The van der Waals surface area contributed by atoms with E-state index in [1.54, 1.807) is 11.7 Å². The predicted molar refractivity (Wildman–Crippen MR) is 109 cm³/mol. The van der Waals surface area contributed by atoms with Gasteiger partial charge in [-0.2, -0.15) is 0 Å². The maximum Gasteiger partial charge on any atom is 0.276 e. The van der Waals surface area contributed by atoms with Crippen LogP contribution in [0.3, 0.4) is 0 Å². The third-order valence-corrected chi connectivity index (χ3v) is 5.42. The number of carbonyl (C=O) groups excluding carboxylic acids is 2. The van der Waals surface area contributed by atoms with E-state index in [4.69, 9.17) is 4.74 Å². The van der Waals surface area contributed by atoms with E-state index >= 15 is 0 Å². The molecule has 0 bridgehead atoms. The number of pyridine rings is 1. The van der Waals surface area contributed by atoms with Gasteiger partial charge < -0.3 is 4.74 Å². The van der Waals surface area contributed by atoms with Gasteiger partial charge in [-0.3, -0.25) is 20.4 Å². The molecule has 3 aromatic rings. The topological polar surface area (TPSA) is 132 Å². The first-order chi connectivity index (χ1) is 14.1. The quantitative estimate of drug-likeness (QED) is 0.572. The van der Waals surface area contributed by atoms with Crippen LogP contribution in [-0.4, -0.2) is 47.9 Å². The highest BCUT2D eigenvalue weighted by molar-refractivity contribution is 7.90. The second kappa shape index (κ2) is 8.11. The summed E-state index contributed by atoms with van der Waals surface area (Å²) in [4.78, 5) is 28.7. The molecule has 2 aromatic heterocycles. The summed E-state index contributed by atoms with van der Waals surface area (Å²) < 4.78 is 30.0. The van der Waals surface area contributed by atoms with Crippen LogP contribution in [0.25, 0.3) is 11.0 Å². The van der Waals surface area contributed by atoms with Crippen molar-refractivity contribution < 1.29 is 22.7 Å². The molecule has 2 heterocycles. The van der Waals surface area contributed by atoms with Crippen molar-refractivity contribution in [2.75, 3.05) is 12.9 Å². The summed E-state index contributed by atoms with van der Waals surface area (Å²) in [5, 5.41) is 4.96. The number of hydrogen-bond acceptors (Lipinski definition) is 7. The molecule has 0 aliphatic heterocycles. The summed E-state index contributed by atoms with van der Waals surface area (Å²) in [6, 6.07) is 7.24. The number of carbonyl (C=O) groups is 2. The minimum Gasteiger partial charge on any atom is -0.466 e. The van der Waals surface area contributed by atoms with Crippen LogP contribution in [0.5, 0.6) is 5.88 Å². The average Bonchev–Trinajstić information content (AvgIpc) is 2.99. The van der Waals surface area contributed by atoms with E-state index in [0.717, 1.165) is 17.5 Å². The lowest BCUT2D eigenvalue weighted by Gasteiger charge is -2.08. The molecule has 11 heteroatoms. The van der Waals surface area contributed by atoms with Gasteiger partial charge in [0.05, 0.1) is 10.3 Å². The molecule has 10 nitrogen and oxygen atoms in total. The van der Waals surface area contributed by atoms with Crippen molar-refractivity contribution >= 4 is 32.7 Å². The number of rotatable bonds is 5. The fraction of sp³-hybridized carbons (Fsp3) is 0.263. The van der Waals surface area contributed by atoms with Gasteiger partial charge in [0, 0.05) is 24.6 Å². The Morgan fingerprint density at radius 2 is 1.80 bits per heavy atom. The number of amides is 2. The number of nitrogens with zero attached hydrogens (tertiary/aromatic N) is 3. The molecule has 0 unspecified atom stereocenters. The number of fused-ring (bicyclic) bond motifs is 1. The van der Waals surface area contributed by atoms with Crippen molar-refractivity contribution in [2.24, 2.45) is 7.05 Å².